The fourth-order valence-corrected chi connectivity index (χ4v) is 3.84. The summed E-state index contributed by atoms with van der Waals surface area (Å²) in [5.41, 5.74) is 0.999. The summed E-state index contributed by atoms with van der Waals surface area (Å²) in [7, 11) is 2.77. The number of nitrogens with zero attached hydrogens (tertiary/aromatic N) is 2. The van der Waals surface area contributed by atoms with Crippen molar-refractivity contribution in [1.82, 2.24) is 15.1 Å². The molecule has 1 aliphatic heterocycles. The molecule has 0 saturated carbocycles. The highest BCUT2D eigenvalue weighted by atomic mass is 35.5. The summed E-state index contributed by atoms with van der Waals surface area (Å²) in [4.78, 5) is 29.3. The molecule has 1 saturated heterocycles. The van der Waals surface area contributed by atoms with Crippen molar-refractivity contribution in [3.8, 4) is 0 Å². The quantitative estimate of drug-likeness (QED) is 0.694. The third kappa shape index (κ3) is 6.48. The summed E-state index contributed by atoms with van der Waals surface area (Å²) in [6, 6.07) is 10.3. The lowest BCUT2D eigenvalue weighted by Crippen LogP contribution is -2.50. The van der Waals surface area contributed by atoms with Crippen molar-refractivity contribution in [2.75, 3.05) is 20.7 Å². The zero-order valence-corrected chi connectivity index (χ0v) is 19.4. The number of halogens is 1. The van der Waals surface area contributed by atoms with Crippen LogP contribution in [0.4, 0.5) is 4.79 Å². The Morgan fingerprint density at radius 3 is 2.52 bits per heavy atom. The second kappa shape index (κ2) is 11.8. The lowest BCUT2D eigenvalue weighted by atomic mass is 10.1. The number of likely N-dealkylation sites (N-methyl/N-ethyl adjacent to an activating group) is 1. The first-order valence-corrected chi connectivity index (χ1v) is 10.8. The fourth-order valence-electron chi connectivity index (χ4n) is 3.71. The minimum atomic E-state index is -0.442. The maximum absolute atomic E-state index is 13.0. The van der Waals surface area contributed by atoms with Crippen LogP contribution in [0.1, 0.15) is 49.3 Å². The number of carbonyl (C=O) groups excluding carboxylic acids is 2. The second-order valence-corrected chi connectivity index (χ2v) is 7.97. The first kappa shape index (κ1) is 24.8. The molecule has 1 fully saturated rings. The number of nitrogens with one attached hydrogen (secondary N) is 1. The van der Waals surface area contributed by atoms with Gasteiger partial charge < -0.3 is 24.6 Å². The SMILES string of the molecule is CC[C@@H](NC(=O)N1CCC[C@@H]1C(=O)N(C)Cc1ccc(Cl)cc1)c1ccc(C)o1.CO. The molecule has 1 aliphatic rings. The van der Waals surface area contributed by atoms with Crippen molar-refractivity contribution in [1.29, 1.82) is 0 Å². The molecular weight excluding hydrogens is 418 g/mol. The maximum Gasteiger partial charge on any atom is 0.318 e. The van der Waals surface area contributed by atoms with Gasteiger partial charge in [0.2, 0.25) is 5.91 Å². The van der Waals surface area contributed by atoms with Gasteiger partial charge in [0.15, 0.2) is 0 Å². The van der Waals surface area contributed by atoms with Gasteiger partial charge in [-0.05, 0) is 56.0 Å². The van der Waals surface area contributed by atoms with Crippen LogP contribution < -0.4 is 5.32 Å². The number of aliphatic hydroxyl groups is 1. The molecule has 0 spiro atoms. The molecule has 0 aliphatic carbocycles. The average Bonchev–Trinajstić information content (AvgIpc) is 3.43. The van der Waals surface area contributed by atoms with E-state index in [1.807, 2.05) is 50.2 Å². The van der Waals surface area contributed by atoms with Gasteiger partial charge >= 0.3 is 6.03 Å². The van der Waals surface area contributed by atoms with Crippen molar-refractivity contribution in [3.05, 3.63) is 58.5 Å². The first-order chi connectivity index (χ1) is 14.9. The Morgan fingerprint density at radius 1 is 1.26 bits per heavy atom. The zero-order chi connectivity index (χ0) is 23.0. The molecule has 3 rings (SSSR count). The normalized spacial score (nSPS) is 16.3. The van der Waals surface area contributed by atoms with Gasteiger partial charge in [-0.3, -0.25) is 4.79 Å². The van der Waals surface area contributed by atoms with Crippen LogP contribution in [0.2, 0.25) is 5.02 Å². The number of aryl methyl sites for hydroxylation is 1. The molecule has 2 atom stereocenters. The molecule has 31 heavy (non-hydrogen) atoms. The van der Waals surface area contributed by atoms with Crippen molar-refractivity contribution in [3.63, 3.8) is 0 Å². The molecule has 7 nitrogen and oxygen atoms in total. The van der Waals surface area contributed by atoms with E-state index in [4.69, 9.17) is 21.1 Å². The minimum Gasteiger partial charge on any atom is -0.464 e. The topological polar surface area (TPSA) is 86.0 Å². The number of amides is 3. The lowest BCUT2D eigenvalue weighted by Gasteiger charge is -2.29. The van der Waals surface area contributed by atoms with E-state index in [0.29, 0.717) is 31.0 Å². The molecule has 2 aromatic rings. The number of hydrogen-bond acceptors (Lipinski definition) is 4. The lowest BCUT2D eigenvalue weighted by molar-refractivity contribution is -0.134. The number of furan rings is 1. The van der Waals surface area contributed by atoms with Gasteiger partial charge in [0.05, 0.1) is 6.04 Å². The van der Waals surface area contributed by atoms with Crippen LogP contribution in [0.3, 0.4) is 0 Å². The second-order valence-electron chi connectivity index (χ2n) is 7.53. The van der Waals surface area contributed by atoms with E-state index in [2.05, 4.69) is 5.32 Å². The van der Waals surface area contributed by atoms with Gasteiger partial charge in [0.1, 0.15) is 17.6 Å². The van der Waals surface area contributed by atoms with E-state index < -0.39 is 6.04 Å². The summed E-state index contributed by atoms with van der Waals surface area (Å²) in [5.74, 6) is 1.50. The molecule has 2 N–H and O–H groups in total. The third-order valence-electron chi connectivity index (χ3n) is 5.32. The Morgan fingerprint density at radius 2 is 1.94 bits per heavy atom. The summed E-state index contributed by atoms with van der Waals surface area (Å²) < 4.78 is 5.67. The molecule has 8 heteroatoms. The van der Waals surface area contributed by atoms with Crippen LogP contribution in [0.25, 0.3) is 0 Å². The molecule has 0 radical (unpaired) electrons. The van der Waals surface area contributed by atoms with Crippen LogP contribution in [-0.2, 0) is 11.3 Å². The van der Waals surface area contributed by atoms with E-state index in [1.54, 1.807) is 16.8 Å². The maximum atomic E-state index is 13.0. The van der Waals surface area contributed by atoms with Crippen LogP contribution in [0.5, 0.6) is 0 Å². The van der Waals surface area contributed by atoms with Gasteiger partial charge in [-0.15, -0.1) is 0 Å². The van der Waals surface area contributed by atoms with Gasteiger partial charge in [0, 0.05) is 32.3 Å². The molecule has 1 aromatic carbocycles. The predicted octanol–water partition coefficient (Wildman–Crippen LogP) is 4.13. The van der Waals surface area contributed by atoms with Gasteiger partial charge in [0.25, 0.3) is 0 Å². The van der Waals surface area contributed by atoms with E-state index in [-0.39, 0.29) is 18.0 Å². The van der Waals surface area contributed by atoms with Crippen LogP contribution in [0, 0.1) is 6.92 Å². The molecule has 170 valence electrons. The predicted molar refractivity (Wildman–Crippen MR) is 121 cm³/mol. The Hall–Kier alpha value is -2.51. The van der Waals surface area contributed by atoms with E-state index in [0.717, 1.165) is 30.6 Å². The van der Waals surface area contributed by atoms with Crippen LogP contribution in [-0.4, -0.2) is 53.6 Å². The highest BCUT2D eigenvalue weighted by molar-refractivity contribution is 6.30. The Kier molecular flexibility index (Phi) is 9.40. The minimum absolute atomic E-state index is 0.0468. The van der Waals surface area contributed by atoms with Crippen molar-refractivity contribution in [2.45, 2.75) is 51.7 Å². The van der Waals surface area contributed by atoms with Crippen molar-refractivity contribution in [2.24, 2.45) is 0 Å². The standard InChI is InChI=1S/C22H28ClN3O3.CH4O/c1-4-18(20-12-7-15(2)29-20)24-22(28)26-13-5-6-19(26)21(27)25(3)14-16-8-10-17(23)11-9-16;1-2/h7-12,18-19H,4-6,13-14H2,1-3H3,(H,24,28);2H,1H3/t18-,19-;/m1./s1. The van der Waals surface area contributed by atoms with E-state index >= 15 is 0 Å². The van der Waals surface area contributed by atoms with Gasteiger partial charge in [-0.25, -0.2) is 4.79 Å². The Bertz CT molecular complexity index is 853. The number of benzene rings is 1. The number of hydrogen-bond donors (Lipinski definition) is 2. The summed E-state index contributed by atoms with van der Waals surface area (Å²) >= 11 is 5.93. The number of aliphatic hydroxyl groups excluding tert-OH is 1. The number of rotatable bonds is 6. The number of urea groups is 1. The van der Waals surface area contributed by atoms with E-state index in [1.165, 1.54) is 0 Å². The molecule has 0 unspecified atom stereocenters. The highest BCUT2D eigenvalue weighted by Crippen LogP contribution is 2.23. The number of carbonyl (C=O) groups is 2. The first-order valence-electron chi connectivity index (χ1n) is 10.5. The smallest absolute Gasteiger partial charge is 0.318 e. The van der Waals surface area contributed by atoms with Crippen LogP contribution >= 0.6 is 11.6 Å². The third-order valence-corrected chi connectivity index (χ3v) is 5.57. The van der Waals surface area contributed by atoms with Crippen molar-refractivity contribution < 1.29 is 19.1 Å². The Labute approximate surface area is 189 Å². The zero-order valence-electron chi connectivity index (χ0n) is 18.6. The molecule has 0 bridgehead atoms. The number of likely N-dealkylation sites (tertiary alicyclic amines) is 1. The summed E-state index contributed by atoms with van der Waals surface area (Å²) in [6.07, 6.45) is 2.20. The van der Waals surface area contributed by atoms with Crippen LogP contribution in [0.15, 0.2) is 40.8 Å². The average molecular weight is 450 g/mol. The fraction of sp³-hybridized carbons (Fsp3) is 0.478. The highest BCUT2D eigenvalue weighted by Gasteiger charge is 2.36. The van der Waals surface area contributed by atoms with Gasteiger partial charge in [-0.1, -0.05) is 30.7 Å². The largest absolute Gasteiger partial charge is 0.464 e. The molecule has 1 aromatic heterocycles. The molecular formula is C23H32ClN3O4. The van der Waals surface area contributed by atoms with Gasteiger partial charge in [-0.2, -0.15) is 0 Å². The Balaban J connectivity index is 0.00000166. The van der Waals surface area contributed by atoms with Crippen molar-refractivity contribution >= 4 is 23.5 Å². The van der Waals surface area contributed by atoms with E-state index in [9.17, 15) is 9.59 Å². The summed E-state index contributed by atoms with van der Waals surface area (Å²) in [5, 5.41) is 10.7. The summed E-state index contributed by atoms with van der Waals surface area (Å²) in [6.45, 7) is 4.93. The molecule has 2 heterocycles. The monoisotopic (exact) mass is 449 g/mol. The molecule has 3 amide bonds.